The molecule has 3 rings (SSSR count). The van der Waals surface area contributed by atoms with Crippen molar-refractivity contribution < 1.29 is 9.53 Å². The molecule has 0 spiro atoms. The Morgan fingerprint density at radius 1 is 1.29 bits per heavy atom. The molecule has 24 heavy (non-hydrogen) atoms. The first kappa shape index (κ1) is 16.7. The molecular formula is C19H25N3O2. The van der Waals surface area contributed by atoms with Crippen LogP contribution in [0.4, 0.5) is 0 Å². The smallest absolute Gasteiger partial charge is 0.342 e. The van der Waals surface area contributed by atoms with Crippen LogP contribution in [-0.4, -0.2) is 39.8 Å². The third-order valence-electron chi connectivity index (χ3n) is 4.64. The van der Waals surface area contributed by atoms with Gasteiger partial charge in [0.2, 0.25) is 0 Å². The lowest BCUT2D eigenvalue weighted by molar-refractivity contribution is 0.0319. The summed E-state index contributed by atoms with van der Waals surface area (Å²) in [7, 11) is 0. The van der Waals surface area contributed by atoms with Gasteiger partial charge in [-0.15, -0.1) is 0 Å². The van der Waals surface area contributed by atoms with E-state index in [1.165, 1.54) is 5.56 Å². The number of likely N-dealkylation sites (tertiary alicyclic amines) is 1. The monoisotopic (exact) mass is 327 g/mol. The number of carbonyl (C=O) groups is 1. The van der Waals surface area contributed by atoms with E-state index in [1.807, 2.05) is 31.5 Å². The molecule has 5 nitrogen and oxygen atoms in total. The molecule has 0 saturated carbocycles. The SMILES string of the molecule is CCn1nc(C)c(C(=O)O[C@@H]2CCN(Cc3ccccc3)C2)c1C. The highest BCUT2D eigenvalue weighted by Gasteiger charge is 2.28. The molecule has 5 heteroatoms. The van der Waals surface area contributed by atoms with Crippen molar-refractivity contribution in [2.24, 2.45) is 0 Å². The zero-order valence-electron chi connectivity index (χ0n) is 14.7. The van der Waals surface area contributed by atoms with Gasteiger partial charge in [-0.1, -0.05) is 30.3 Å². The van der Waals surface area contributed by atoms with Crippen molar-refractivity contribution in [3.8, 4) is 0 Å². The second kappa shape index (κ2) is 7.18. The highest BCUT2D eigenvalue weighted by Crippen LogP contribution is 2.20. The lowest BCUT2D eigenvalue weighted by Gasteiger charge is -2.16. The van der Waals surface area contributed by atoms with E-state index in [0.717, 1.165) is 44.0 Å². The molecular weight excluding hydrogens is 302 g/mol. The Morgan fingerprint density at radius 3 is 2.71 bits per heavy atom. The van der Waals surface area contributed by atoms with E-state index >= 15 is 0 Å². The highest BCUT2D eigenvalue weighted by molar-refractivity contribution is 5.92. The molecule has 0 bridgehead atoms. The summed E-state index contributed by atoms with van der Waals surface area (Å²) < 4.78 is 7.60. The Kier molecular flexibility index (Phi) is 5.00. The second-order valence-electron chi connectivity index (χ2n) is 6.40. The molecule has 1 aliphatic heterocycles. The minimum atomic E-state index is -0.240. The van der Waals surface area contributed by atoms with Crippen LogP contribution in [0.3, 0.4) is 0 Å². The number of esters is 1. The number of aryl methyl sites for hydroxylation is 2. The van der Waals surface area contributed by atoms with Crippen molar-refractivity contribution in [3.05, 3.63) is 52.8 Å². The van der Waals surface area contributed by atoms with Gasteiger partial charge >= 0.3 is 5.97 Å². The molecule has 1 atom stereocenters. The Bertz CT molecular complexity index is 709. The predicted octanol–water partition coefficient (Wildman–Crippen LogP) is 2.95. The fraction of sp³-hybridized carbons (Fsp3) is 0.474. The molecule has 1 aromatic heterocycles. The number of rotatable bonds is 5. The van der Waals surface area contributed by atoms with Crippen LogP contribution in [0.1, 0.15) is 40.7 Å². The van der Waals surface area contributed by atoms with E-state index < -0.39 is 0 Å². The van der Waals surface area contributed by atoms with Gasteiger partial charge in [-0.3, -0.25) is 9.58 Å². The molecule has 0 unspecified atom stereocenters. The maximum Gasteiger partial charge on any atom is 0.342 e. The first-order chi connectivity index (χ1) is 11.6. The summed E-state index contributed by atoms with van der Waals surface area (Å²) in [6, 6.07) is 10.4. The summed E-state index contributed by atoms with van der Waals surface area (Å²) in [4.78, 5) is 14.9. The molecule has 1 fully saturated rings. The van der Waals surface area contributed by atoms with Crippen molar-refractivity contribution in [3.63, 3.8) is 0 Å². The number of aromatic nitrogens is 2. The van der Waals surface area contributed by atoms with Crippen LogP contribution in [0, 0.1) is 13.8 Å². The van der Waals surface area contributed by atoms with E-state index in [-0.39, 0.29) is 12.1 Å². The van der Waals surface area contributed by atoms with Gasteiger partial charge in [-0.05, 0) is 32.8 Å². The number of nitrogens with zero attached hydrogens (tertiary/aromatic N) is 3. The van der Waals surface area contributed by atoms with Gasteiger partial charge in [-0.25, -0.2) is 4.79 Å². The lowest BCUT2D eigenvalue weighted by atomic mass is 10.2. The predicted molar refractivity (Wildman–Crippen MR) is 92.9 cm³/mol. The molecule has 1 aliphatic rings. The van der Waals surface area contributed by atoms with Crippen LogP contribution < -0.4 is 0 Å². The topological polar surface area (TPSA) is 47.4 Å². The molecule has 2 aromatic rings. The molecule has 1 saturated heterocycles. The first-order valence-electron chi connectivity index (χ1n) is 8.59. The molecule has 0 N–H and O–H groups in total. The Balaban J connectivity index is 1.59. The fourth-order valence-corrected chi connectivity index (χ4v) is 3.39. The summed E-state index contributed by atoms with van der Waals surface area (Å²) in [6.07, 6.45) is 0.850. The van der Waals surface area contributed by atoms with E-state index in [9.17, 15) is 4.79 Å². The Labute approximate surface area is 143 Å². The van der Waals surface area contributed by atoms with Crippen LogP contribution in [0.25, 0.3) is 0 Å². The quantitative estimate of drug-likeness (QED) is 0.792. The highest BCUT2D eigenvalue weighted by atomic mass is 16.5. The van der Waals surface area contributed by atoms with E-state index in [4.69, 9.17) is 4.74 Å². The zero-order valence-corrected chi connectivity index (χ0v) is 14.7. The van der Waals surface area contributed by atoms with Crippen LogP contribution >= 0.6 is 0 Å². The zero-order chi connectivity index (χ0) is 17.1. The van der Waals surface area contributed by atoms with Crippen LogP contribution in [0.5, 0.6) is 0 Å². The molecule has 0 radical (unpaired) electrons. The first-order valence-corrected chi connectivity index (χ1v) is 8.59. The minimum Gasteiger partial charge on any atom is -0.457 e. The maximum atomic E-state index is 12.5. The van der Waals surface area contributed by atoms with Crippen molar-refractivity contribution in [1.29, 1.82) is 0 Å². The number of carbonyl (C=O) groups excluding carboxylic acids is 1. The van der Waals surface area contributed by atoms with Gasteiger partial charge in [0.1, 0.15) is 11.7 Å². The minimum absolute atomic E-state index is 0.0370. The van der Waals surface area contributed by atoms with Gasteiger partial charge < -0.3 is 4.74 Å². The Hall–Kier alpha value is -2.14. The third kappa shape index (κ3) is 3.51. The summed E-state index contributed by atoms with van der Waals surface area (Å²) in [6.45, 7) is 9.23. The summed E-state index contributed by atoms with van der Waals surface area (Å²) in [5, 5.41) is 4.40. The number of benzene rings is 1. The third-order valence-corrected chi connectivity index (χ3v) is 4.64. The number of ether oxygens (including phenoxy) is 1. The normalized spacial score (nSPS) is 18.0. The summed E-state index contributed by atoms with van der Waals surface area (Å²) in [5.74, 6) is -0.240. The molecule has 0 aliphatic carbocycles. The largest absolute Gasteiger partial charge is 0.457 e. The van der Waals surface area contributed by atoms with Gasteiger partial charge in [0.25, 0.3) is 0 Å². The standard InChI is InChI=1S/C19H25N3O2/c1-4-22-15(3)18(14(2)20-22)19(23)24-17-10-11-21(13-17)12-16-8-6-5-7-9-16/h5-9,17H,4,10-13H2,1-3H3/t17-/m1/s1. The Morgan fingerprint density at radius 2 is 2.04 bits per heavy atom. The van der Waals surface area contributed by atoms with Crippen LogP contribution in [0.15, 0.2) is 30.3 Å². The molecule has 128 valence electrons. The molecule has 2 heterocycles. The van der Waals surface area contributed by atoms with Crippen molar-refractivity contribution in [2.45, 2.75) is 46.4 Å². The number of hydrogen-bond donors (Lipinski definition) is 0. The lowest BCUT2D eigenvalue weighted by Crippen LogP contribution is -2.25. The van der Waals surface area contributed by atoms with Gasteiger partial charge in [0.05, 0.1) is 11.4 Å². The molecule has 0 amide bonds. The molecule has 1 aromatic carbocycles. The summed E-state index contributed by atoms with van der Waals surface area (Å²) in [5.41, 5.74) is 3.55. The average Bonchev–Trinajstić information content (AvgIpc) is 3.12. The van der Waals surface area contributed by atoms with Crippen LogP contribution in [0.2, 0.25) is 0 Å². The van der Waals surface area contributed by atoms with E-state index in [2.05, 4.69) is 34.3 Å². The second-order valence-corrected chi connectivity index (χ2v) is 6.40. The van der Waals surface area contributed by atoms with Crippen molar-refractivity contribution >= 4 is 5.97 Å². The van der Waals surface area contributed by atoms with Crippen molar-refractivity contribution in [2.75, 3.05) is 13.1 Å². The maximum absolute atomic E-state index is 12.5. The van der Waals surface area contributed by atoms with Gasteiger partial charge in [0, 0.05) is 26.2 Å². The van der Waals surface area contributed by atoms with Crippen molar-refractivity contribution in [1.82, 2.24) is 14.7 Å². The summed E-state index contributed by atoms with van der Waals surface area (Å²) >= 11 is 0. The van der Waals surface area contributed by atoms with E-state index in [0.29, 0.717) is 5.56 Å². The van der Waals surface area contributed by atoms with E-state index in [1.54, 1.807) is 0 Å². The fourth-order valence-electron chi connectivity index (χ4n) is 3.39. The van der Waals surface area contributed by atoms with Crippen LogP contribution in [-0.2, 0) is 17.8 Å². The van der Waals surface area contributed by atoms with Gasteiger partial charge in [0.15, 0.2) is 0 Å². The average molecular weight is 327 g/mol. The van der Waals surface area contributed by atoms with Gasteiger partial charge in [-0.2, -0.15) is 5.10 Å². The number of hydrogen-bond acceptors (Lipinski definition) is 4.